The predicted molar refractivity (Wildman–Crippen MR) is 151 cm³/mol. The minimum absolute atomic E-state index is 0.0441. The summed E-state index contributed by atoms with van der Waals surface area (Å²) in [6.07, 6.45) is 5.86. The van der Waals surface area contributed by atoms with Crippen molar-refractivity contribution in [2.45, 2.75) is 51.2 Å². The van der Waals surface area contributed by atoms with Crippen LogP contribution in [0.5, 0.6) is 0 Å². The third-order valence-corrected chi connectivity index (χ3v) is 7.19. The van der Waals surface area contributed by atoms with E-state index in [1.165, 1.54) is 18.9 Å². The molecule has 4 rings (SSSR count). The van der Waals surface area contributed by atoms with Crippen LogP contribution in [-0.4, -0.2) is 63.9 Å². The minimum Gasteiger partial charge on any atom is -0.393 e. The van der Waals surface area contributed by atoms with Crippen LogP contribution < -0.4 is 21.4 Å². The van der Waals surface area contributed by atoms with E-state index in [0.717, 1.165) is 44.4 Å². The van der Waals surface area contributed by atoms with E-state index in [1.54, 1.807) is 19.3 Å². The average Bonchev–Trinajstić information content (AvgIpc) is 3.34. The van der Waals surface area contributed by atoms with Gasteiger partial charge in [0, 0.05) is 55.8 Å². The molecule has 0 bridgehead atoms. The number of imidazole rings is 1. The van der Waals surface area contributed by atoms with Crippen molar-refractivity contribution in [1.29, 1.82) is 0 Å². The van der Waals surface area contributed by atoms with Crippen molar-refractivity contribution in [3.05, 3.63) is 54.1 Å². The quantitative estimate of drug-likeness (QED) is 0.198. The summed E-state index contributed by atoms with van der Waals surface area (Å²) in [7, 11) is 1.69. The number of hydrogen-bond donors (Lipinski definition) is 3. The third-order valence-electron chi connectivity index (χ3n) is 7.19. The van der Waals surface area contributed by atoms with E-state index in [9.17, 15) is 18.0 Å². The van der Waals surface area contributed by atoms with Gasteiger partial charge >= 0.3 is 6.18 Å². The minimum atomic E-state index is -4.53. The average molecular weight is 573 g/mol. The molecule has 41 heavy (non-hydrogen) atoms. The maximum Gasteiger partial charge on any atom is 0.433 e. The van der Waals surface area contributed by atoms with Crippen LogP contribution in [0.2, 0.25) is 0 Å². The van der Waals surface area contributed by atoms with E-state index in [-0.39, 0.29) is 11.7 Å². The molecule has 0 radical (unpaired) electrons. The van der Waals surface area contributed by atoms with Gasteiger partial charge in [-0.05, 0) is 44.5 Å². The Balaban J connectivity index is 1.60. The highest BCUT2D eigenvalue weighted by atomic mass is 19.4. The third kappa shape index (κ3) is 7.40. The number of nitrogens with zero attached hydrogens (tertiary/aromatic N) is 5. The van der Waals surface area contributed by atoms with E-state index in [2.05, 4.69) is 42.0 Å². The fraction of sp³-hybridized carbons (Fsp3) is 0.464. The fourth-order valence-electron chi connectivity index (χ4n) is 4.98. The first kappa shape index (κ1) is 30.0. The van der Waals surface area contributed by atoms with Crippen molar-refractivity contribution in [2.24, 2.45) is 0 Å². The summed E-state index contributed by atoms with van der Waals surface area (Å²) < 4.78 is 42.2. The van der Waals surface area contributed by atoms with Gasteiger partial charge in [-0.15, -0.1) is 0 Å². The largest absolute Gasteiger partial charge is 0.433 e. The zero-order valence-corrected chi connectivity index (χ0v) is 23.3. The summed E-state index contributed by atoms with van der Waals surface area (Å²) in [5.41, 5.74) is 6.86. The maximum absolute atomic E-state index is 13.4. The number of carbonyl (C=O) groups is 1. The van der Waals surface area contributed by atoms with Gasteiger partial charge in [0.05, 0.1) is 12.2 Å². The Hall–Kier alpha value is -4.00. The van der Waals surface area contributed by atoms with Gasteiger partial charge in [-0.3, -0.25) is 9.78 Å². The lowest BCUT2D eigenvalue weighted by Crippen LogP contribution is -2.39. The summed E-state index contributed by atoms with van der Waals surface area (Å²) >= 11 is 0. The molecule has 1 unspecified atom stereocenters. The van der Waals surface area contributed by atoms with Crippen LogP contribution in [0.15, 0.2) is 37.1 Å². The summed E-state index contributed by atoms with van der Waals surface area (Å²) in [5, 5.41) is 6.20. The van der Waals surface area contributed by atoms with Gasteiger partial charge in [-0.1, -0.05) is 18.3 Å². The molecule has 0 aromatic carbocycles. The number of nitrogens with one attached hydrogen (secondary N) is 3. The van der Waals surface area contributed by atoms with Crippen molar-refractivity contribution in [2.75, 3.05) is 44.3 Å². The Morgan fingerprint density at radius 1 is 1.24 bits per heavy atom. The molecule has 4 heterocycles. The van der Waals surface area contributed by atoms with Gasteiger partial charge in [0.15, 0.2) is 6.29 Å². The summed E-state index contributed by atoms with van der Waals surface area (Å²) in [5.74, 6) is 1.67. The number of aromatic amines is 1. The molecule has 1 fully saturated rings. The van der Waals surface area contributed by atoms with E-state index in [4.69, 9.17) is 10.7 Å². The van der Waals surface area contributed by atoms with E-state index >= 15 is 0 Å². The molecule has 1 aliphatic rings. The molecule has 0 spiro atoms. The topological polar surface area (TPSA) is 128 Å². The van der Waals surface area contributed by atoms with Crippen LogP contribution in [0.3, 0.4) is 0 Å². The number of halogens is 3. The van der Waals surface area contributed by atoms with Crippen molar-refractivity contribution in [1.82, 2.24) is 29.7 Å². The fourth-order valence-corrected chi connectivity index (χ4v) is 4.98. The zero-order chi connectivity index (χ0) is 29.4. The molecule has 0 amide bonds. The van der Waals surface area contributed by atoms with Crippen molar-refractivity contribution < 1.29 is 22.9 Å². The van der Waals surface area contributed by atoms with Crippen LogP contribution in [0.4, 0.5) is 24.8 Å². The van der Waals surface area contributed by atoms with Gasteiger partial charge < -0.3 is 25.8 Å². The van der Waals surface area contributed by atoms with Crippen LogP contribution in [0, 0.1) is 0 Å². The van der Waals surface area contributed by atoms with E-state index in [1.807, 2.05) is 6.20 Å². The first-order chi connectivity index (χ1) is 19.7. The molecule has 1 aliphatic heterocycles. The molecule has 0 aliphatic carbocycles. The number of anilines is 2. The number of alkyl halides is 3. The number of allylic oxidation sites excluding steroid dienone is 1. The standard InChI is InChI=1S/C28H36F3N9O/c1-3-5-19(6-9-35-26-24(21(17-41)15-33-2)25(32)36-18-37-26)27-38-22(16-40(27)13-12-39-10-4-11-39)20-7-8-34-23(14-20)28(29,30)31/h7-8,14-19,33H,3-6,9-13H2,1-2H3,(H3,32,35,36,37)/p+1. The number of nitrogens with two attached hydrogens (primary N) is 1. The highest BCUT2D eigenvalue weighted by Crippen LogP contribution is 2.32. The van der Waals surface area contributed by atoms with Gasteiger partial charge in [-0.25, -0.2) is 9.97 Å². The van der Waals surface area contributed by atoms with Gasteiger partial charge in [0.2, 0.25) is 18.0 Å². The van der Waals surface area contributed by atoms with E-state index < -0.39 is 11.9 Å². The number of nitrogen functional groups attached to an aromatic ring is 1. The molecule has 1 saturated heterocycles. The van der Waals surface area contributed by atoms with Crippen molar-refractivity contribution in [3.8, 4) is 11.3 Å². The van der Waals surface area contributed by atoms with Crippen molar-refractivity contribution >= 4 is 23.5 Å². The summed E-state index contributed by atoms with van der Waals surface area (Å²) in [6.45, 7) is 6.29. The molecular formula is C28H37F3N9O+. The highest BCUT2D eigenvalue weighted by molar-refractivity contribution is 6.10. The zero-order valence-electron chi connectivity index (χ0n) is 23.3. The second-order valence-electron chi connectivity index (χ2n) is 10.0. The number of pyridine rings is 1. The SMILES string of the molecule is CCCC(CCNc1[nH+]cnc(N)c1C(C=O)=CNC)c1nc(-c2ccnc(C(F)(F)F)c2)cn1CCN1CCC1. The molecule has 13 heteroatoms. The van der Waals surface area contributed by atoms with Gasteiger partial charge in [0.1, 0.15) is 17.1 Å². The summed E-state index contributed by atoms with van der Waals surface area (Å²) in [6, 6.07) is 2.61. The van der Waals surface area contributed by atoms with Gasteiger partial charge in [0.25, 0.3) is 0 Å². The van der Waals surface area contributed by atoms with Crippen molar-refractivity contribution in [3.63, 3.8) is 0 Å². The molecule has 10 nitrogen and oxygen atoms in total. The highest BCUT2D eigenvalue weighted by Gasteiger charge is 2.33. The Bertz CT molecular complexity index is 1350. The number of aldehydes is 1. The normalized spacial score (nSPS) is 14.9. The second-order valence-corrected chi connectivity index (χ2v) is 10.0. The lowest BCUT2D eigenvalue weighted by atomic mass is 9.98. The molecular weight excluding hydrogens is 535 g/mol. The first-order valence-corrected chi connectivity index (χ1v) is 13.8. The Morgan fingerprint density at radius 2 is 2.05 bits per heavy atom. The summed E-state index contributed by atoms with van der Waals surface area (Å²) in [4.78, 5) is 29.6. The second kappa shape index (κ2) is 13.6. The van der Waals surface area contributed by atoms with E-state index in [0.29, 0.717) is 54.0 Å². The molecule has 0 saturated carbocycles. The molecule has 3 aromatic heterocycles. The molecule has 1 atom stereocenters. The number of hydrogen-bond acceptors (Lipinski definition) is 8. The molecule has 3 aromatic rings. The number of H-pyrrole nitrogens is 1. The Kier molecular flexibility index (Phi) is 9.92. The predicted octanol–water partition coefficient (Wildman–Crippen LogP) is 3.61. The molecule has 220 valence electrons. The number of likely N-dealkylation sites (tertiary alicyclic amines) is 1. The molecule has 5 N–H and O–H groups in total. The monoisotopic (exact) mass is 572 g/mol. The number of carbonyl (C=O) groups excluding carboxylic acids is 1. The first-order valence-electron chi connectivity index (χ1n) is 13.8. The van der Waals surface area contributed by atoms with Gasteiger partial charge in [-0.2, -0.15) is 13.2 Å². The maximum atomic E-state index is 13.4. The Labute approximate surface area is 237 Å². The lowest BCUT2D eigenvalue weighted by molar-refractivity contribution is -0.366. The van der Waals surface area contributed by atoms with Crippen LogP contribution in [0.1, 0.15) is 55.6 Å². The van der Waals surface area contributed by atoms with Crippen LogP contribution in [0.25, 0.3) is 16.8 Å². The number of aromatic nitrogens is 5. The smallest absolute Gasteiger partial charge is 0.393 e. The lowest BCUT2D eigenvalue weighted by Gasteiger charge is -2.31. The van der Waals surface area contributed by atoms with Crippen LogP contribution in [-0.2, 0) is 17.5 Å². The van der Waals surface area contributed by atoms with Crippen LogP contribution >= 0.6 is 0 Å². The number of rotatable bonds is 14. The Morgan fingerprint density at radius 3 is 2.71 bits per heavy atom.